The molecule has 4 aliphatic heterocycles. The molecule has 5 rings (SSSR count). The molecule has 1 aromatic rings. The number of aliphatic hydroxyl groups is 1. The van der Waals surface area contributed by atoms with E-state index >= 15 is 0 Å². The van der Waals surface area contributed by atoms with Crippen molar-refractivity contribution in [3.8, 4) is 0 Å². The molecule has 0 radical (unpaired) electrons. The van der Waals surface area contributed by atoms with E-state index in [0.29, 0.717) is 50.9 Å². The topological polar surface area (TPSA) is 135 Å². The fraction of sp³-hybridized carbons (Fsp3) is 0.611. The molecular formula is C36H49N3O8. The quantitative estimate of drug-likeness (QED) is 0.200. The number of esters is 1. The lowest BCUT2D eigenvalue weighted by atomic mass is 9.74. The van der Waals surface area contributed by atoms with Gasteiger partial charge < -0.3 is 34.4 Å². The second kappa shape index (κ2) is 16.0. The van der Waals surface area contributed by atoms with Crippen molar-refractivity contribution < 1.29 is 38.5 Å². The normalized spacial score (nSPS) is 31.6. The van der Waals surface area contributed by atoms with Gasteiger partial charge >= 0.3 is 5.97 Å². The Balaban J connectivity index is 1.55. The first-order valence-electron chi connectivity index (χ1n) is 17.1. The molecule has 1 aromatic carbocycles. The van der Waals surface area contributed by atoms with Gasteiger partial charge in [-0.1, -0.05) is 74.4 Å². The Bertz CT molecular complexity index is 1320. The third-order valence-corrected chi connectivity index (χ3v) is 9.74. The van der Waals surface area contributed by atoms with Gasteiger partial charge in [-0.2, -0.15) is 0 Å². The van der Waals surface area contributed by atoms with E-state index in [2.05, 4.69) is 12.2 Å². The van der Waals surface area contributed by atoms with E-state index in [9.17, 15) is 24.3 Å². The Morgan fingerprint density at radius 1 is 1.00 bits per heavy atom. The van der Waals surface area contributed by atoms with Gasteiger partial charge in [0, 0.05) is 39.8 Å². The number of benzene rings is 1. The summed E-state index contributed by atoms with van der Waals surface area (Å²) in [6, 6.07) is 7.55. The first-order valence-corrected chi connectivity index (χ1v) is 17.1. The average molecular weight is 652 g/mol. The molecule has 2 saturated heterocycles. The van der Waals surface area contributed by atoms with E-state index < -0.39 is 47.7 Å². The van der Waals surface area contributed by atoms with Crippen molar-refractivity contribution in [2.45, 2.75) is 88.2 Å². The van der Waals surface area contributed by atoms with Gasteiger partial charge in [0.25, 0.3) is 0 Å². The van der Waals surface area contributed by atoms with Crippen LogP contribution in [0.3, 0.4) is 0 Å². The van der Waals surface area contributed by atoms with E-state index in [1.807, 2.05) is 48.6 Å². The number of aliphatic hydroxyl groups excluding tert-OH is 1. The molecule has 2 N–H and O–H groups in total. The number of carbonyl (C=O) groups excluding carboxylic acids is 4. The molecule has 47 heavy (non-hydrogen) atoms. The van der Waals surface area contributed by atoms with Crippen LogP contribution in [0.25, 0.3) is 0 Å². The van der Waals surface area contributed by atoms with E-state index in [1.165, 1.54) is 7.11 Å². The van der Waals surface area contributed by atoms with Crippen molar-refractivity contribution in [2.24, 2.45) is 11.8 Å². The number of nitrogens with one attached hydrogen (secondary N) is 1. The smallest absolute Gasteiger partial charge is 0.313 e. The Morgan fingerprint density at radius 3 is 2.53 bits per heavy atom. The predicted octanol–water partition coefficient (Wildman–Crippen LogP) is 3.08. The van der Waals surface area contributed by atoms with Crippen LogP contribution in [0.1, 0.15) is 70.0 Å². The first-order chi connectivity index (χ1) is 22.9. The minimum absolute atomic E-state index is 0.0505. The number of fused-ring (bicyclic) bond motifs is 2. The highest BCUT2D eigenvalue weighted by Gasteiger charge is 2.73. The zero-order valence-corrected chi connectivity index (χ0v) is 27.6. The second-order valence-electron chi connectivity index (χ2n) is 12.9. The Hall–Kier alpha value is -3.54. The third kappa shape index (κ3) is 7.32. The molecule has 256 valence electrons. The molecule has 2 fully saturated rings. The number of cyclic esters (lactones) is 1. The van der Waals surface area contributed by atoms with Crippen LogP contribution in [0, 0.1) is 11.8 Å². The SMILES string of the molecule is CCCCCN1C/C=C\CCC(=O)N[C@@H](COC)[C@H](c2ccccc2)OC(=O)[C@@H]2[C@H]3C(=O)N(CCCCCO)[C@H](C1=O)[C@]31C=C[C@H]2O1. The lowest BCUT2D eigenvalue weighted by Gasteiger charge is -2.36. The monoisotopic (exact) mass is 651 g/mol. The molecule has 0 saturated carbocycles. The van der Waals surface area contributed by atoms with Gasteiger partial charge in [-0.15, -0.1) is 0 Å². The number of allylic oxidation sites excluding steroid dienone is 1. The van der Waals surface area contributed by atoms with Crippen molar-refractivity contribution in [1.29, 1.82) is 0 Å². The molecule has 3 amide bonds. The van der Waals surface area contributed by atoms with Gasteiger partial charge in [-0.25, -0.2) is 0 Å². The van der Waals surface area contributed by atoms with Crippen LogP contribution < -0.4 is 5.32 Å². The lowest BCUT2D eigenvalue weighted by molar-refractivity contribution is -0.162. The van der Waals surface area contributed by atoms with E-state index in [0.717, 1.165) is 19.3 Å². The molecule has 0 aromatic heterocycles. The molecule has 5 bridgehead atoms. The van der Waals surface area contributed by atoms with E-state index in [1.54, 1.807) is 15.9 Å². The molecule has 0 unspecified atom stereocenters. The number of ether oxygens (including phenoxy) is 3. The lowest BCUT2D eigenvalue weighted by Crippen LogP contribution is -2.56. The van der Waals surface area contributed by atoms with Gasteiger partial charge in [0.2, 0.25) is 17.7 Å². The number of unbranched alkanes of at least 4 members (excludes halogenated alkanes) is 4. The number of hydrogen-bond acceptors (Lipinski definition) is 8. The Labute approximate surface area is 277 Å². The maximum absolute atomic E-state index is 14.6. The van der Waals surface area contributed by atoms with Crippen LogP contribution in [-0.4, -0.2) is 102 Å². The number of hydrogen-bond donors (Lipinski definition) is 2. The number of nitrogens with zero attached hydrogens (tertiary/aromatic N) is 2. The summed E-state index contributed by atoms with van der Waals surface area (Å²) in [6.07, 6.45) is 11.1. The molecule has 4 heterocycles. The number of carbonyl (C=O) groups is 4. The molecule has 1 spiro atoms. The standard InChI is InChI=1S/C36H49N3O8/c1-3-4-11-20-38-21-12-6-10-17-28(41)37-26(24-45-2)31(25-15-8-5-9-16-25)46-35(44)29-27-18-19-36(47-27)30(29)33(42)39(32(36)34(38)43)22-13-7-14-23-40/h5-6,8-9,12,15-16,18-19,26-27,29-32,40H,3-4,7,10-11,13-14,17,20-24H2,1-2H3,(H,37,41)/b12-6-/t26-,27+,29-,30-,31-,32+,36-/m0/s1. The van der Waals surface area contributed by atoms with Crippen LogP contribution in [0.2, 0.25) is 0 Å². The third-order valence-electron chi connectivity index (χ3n) is 9.74. The number of likely N-dealkylation sites (tertiary alicyclic amines) is 1. The second-order valence-corrected chi connectivity index (χ2v) is 12.9. The molecule has 11 nitrogen and oxygen atoms in total. The van der Waals surface area contributed by atoms with E-state index in [4.69, 9.17) is 14.2 Å². The minimum Gasteiger partial charge on any atom is -0.455 e. The largest absolute Gasteiger partial charge is 0.455 e. The number of amides is 3. The summed E-state index contributed by atoms with van der Waals surface area (Å²) < 4.78 is 18.3. The summed E-state index contributed by atoms with van der Waals surface area (Å²) in [5.41, 5.74) is -0.628. The Kier molecular flexibility index (Phi) is 11.9. The predicted molar refractivity (Wildman–Crippen MR) is 174 cm³/mol. The number of rotatable bonds is 12. The summed E-state index contributed by atoms with van der Waals surface area (Å²) in [7, 11) is 1.52. The maximum atomic E-state index is 14.6. The zero-order valence-electron chi connectivity index (χ0n) is 27.6. The molecule has 0 aliphatic carbocycles. The van der Waals surface area contributed by atoms with Gasteiger partial charge in [0.1, 0.15) is 23.7 Å². The average Bonchev–Trinajstić information content (AvgIpc) is 3.71. The fourth-order valence-corrected chi connectivity index (χ4v) is 7.47. The van der Waals surface area contributed by atoms with Crippen LogP contribution >= 0.6 is 0 Å². The minimum atomic E-state index is -1.30. The molecule has 7 atom stereocenters. The molecule has 4 aliphatic rings. The van der Waals surface area contributed by atoms with Crippen molar-refractivity contribution in [2.75, 3.05) is 40.0 Å². The van der Waals surface area contributed by atoms with Crippen molar-refractivity contribution >= 4 is 23.7 Å². The molecular weight excluding hydrogens is 602 g/mol. The highest BCUT2D eigenvalue weighted by molar-refractivity contribution is 5.99. The van der Waals surface area contributed by atoms with Gasteiger partial charge in [-0.05, 0) is 37.7 Å². The summed E-state index contributed by atoms with van der Waals surface area (Å²) in [4.78, 5) is 59.8. The van der Waals surface area contributed by atoms with E-state index in [-0.39, 0.29) is 37.4 Å². The summed E-state index contributed by atoms with van der Waals surface area (Å²) in [5, 5.41) is 12.4. The van der Waals surface area contributed by atoms with Crippen LogP contribution in [0.5, 0.6) is 0 Å². The Morgan fingerprint density at radius 2 is 1.79 bits per heavy atom. The summed E-state index contributed by atoms with van der Waals surface area (Å²) >= 11 is 0. The van der Waals surface area contributed by atoms with Gasteiger partial charge in [-0.3, -0.25) is 19.2 Å². The van der Waals surface area contributed by atoms with Crippen LogP contribution in [0.15, 0.2) is 54.6 Å². The van der Waals surface area contributed by atoms with Crippen LogP contribution in [0.4, 0.5) is 0 Å². The van der Waals surface area contributed by atoms with Crippen molar-refractivity contribution in [1.82, 2.24) is 15.1 Å². The zero-order chi connectivity index (χ0) is 33.4. The number of methoxy groups -OCH3 is 1. The van der Waals surface area contributed by atoms with Gasteiger partial charge in [0.05, 0.1) is 24.7 Å². The van der Waals surface area contributed by atoms with Crippen molar-refractivity contribution in [3.05, 3.63) is 60.2 Å². The summed E-state index contributed by atoms with van der Waals surface area (Å²) in [6.45, 7) is 3.40. The van der Waals surface area contributed by atoms with Crippen LogP contribution in [-0.2, 0) is 33.4 Å². The molecule has 11 heteroatoms. The first kappa shape index (κ1) is 34.8. The van der Waals surface area contributed by atoms with Crippen molar-refractivity contribution in [3.63, 3.8) is 0 Å². The van der Waals surface area contributed by atoms with Gasteiger partial charge in [0.15, 0.2) is 0 Å². The highest BCUT2D eigenvalue weighted by atomic mass is 16.6. The summed E-state index contributed by atoms with van der Waals surface area (Å²) in [5.74, 6) is -3.27. The maximum Gasteiger partial charge on any atom is 0.313 e. The fourth-order valence-electron chi connectivity index (χ4n) is 7.47. The highest BCUT2D eigenvalue weighted by Crippen LogP contribution is 2.56.